The van der Waals surface area contributed by atoms with Gasteiger partial charge < -0.3 is 10.8 Å². The third kappa shape index (κ3) is 24.7. The van der Waals surface area contributed by atoms with Gasteiger partial charge in [-0.25, -0.2) is 0 Å². The molecule has 1 rings (SSSR count). The van der Waals surface area contributed by atoms with Crippen molar-refractivity contribution in [1.29, 1.82) is 0 Å². The summed E-state index contributed by atoms with van der Waals surface area (Å²) in [5, 5.41) is 11.7. The van der Waals surface area contributed by atoms with Crippen LogP contribution in [0.4, 0.5) is 0 Å². The van der Waals surface area contributed by atoms with Crippen LogP contribution in [0.15, 0.2) is 24.3 Å². The third-order valence-corrected chi connectivity index (χ3v) is 9.78. The van der Waals surface area contributed by atoms with E-state index < -0.39 is 17.6 Å². The average Bonchev–Trinajstić information content (AvgIpc) is 3.09. The van der Waals surface area contributed by atoms with Crippen LogP contribution in [0.1, 0.15) is 118 Å². The van der Waals surface area contributed by atoms with E-state index in [4.69, 9.17) is 15.6 Å². The molecule has 6 radical (unpaired) electrons. The van der Waals surface area contributed by atoms with Gasteiger partial charge in [-0.3, -0.25) is 4.79 Å². The van der Waals surface area contributed by atoms with Crippen molar-refractivity contribution in [3.8, 4) is 0 Å². The van der Waals surface area contributed by atoms with Gasteiger partial charge in [-0.2, -0.15) is 0 Å². The summed E-state index contributed by atoms with van der Waals surface area (Å²) in [4.78, 5) is 53.4. The molecule has 4 N–H and O–H groups in total. The number of rotatable bonds is 25. The average molecular weight is 1110 g/mol. The number of amides is 3. The molecule has 0 aliphatic rings. The van der Waals surface area contributed by atoms with Crippen molar-refractivity contribution in [3.63, 3.8) is 0 Å². The van der Waals surface area contributed by atoms with Crippen molar-refractivity contribution in [1.82, 2.24) is 15.1 Å². The van der Waals surface area contributed by atoms with Crippen LogP contribution < -0.4 is 11.1 Å². The van der Waals surface area contributed by atoms with Crippen LogP contribution in [0, 0.1) is 12.3 Å². The Bertz CT molecular complexity index is 1100. The van der Waals surface area contributed by atoms with Gasteiger partial charge >= 0.3 is 283 Å². The Kier molecular flexibility index (Phi) is 30.8. The summed E-state index contributed by atoms with van der Waals surface area (Å²) in [5.41, 5.74) is 7.19. The number of unbranched alkanes of at least 4 members (excludes halogenated alkanes) is 2. The molecular weight excluding hydrogens is 1030 g/mol. The van der Waals surface area contributed by atoms with Gasteiger partial charge in [0, 0.05) is 0 Å². The van der Waals surface area contributed by atoms with Gasteiger partial charge in [0.15, 0.2) is 0 Å². The molecule has 0 aliphatic carbocycles. The van der Waals surface area contributed by atoms with Gasteiger partial charge in [-0.15, -0.1) is 0 Å². The van der Waals surface area contributed by atoms with Crippen LogP contribution in [0.2, 0.25) is 7.96 Å². The first kappa shape index (κ1) is 52.0. The summed E-state index contributed by atoms with van der Waals surface area (Å²) in [6.45, 7) is 21.9. The fraction of sp³-hybridized carbons (Fsp3) is 0.744. The van der Waals surface area contributed by atoms with E-state index in [0.717, 1.165) is 72.5 Å². The number of benzene rings is 1. The normalized spacial score (nSPS) is 11.7. The van der Waals surface area contributed by atoms with Crippen LogP contribution >= 0.6 is 0 Å². The zero-order valence-electron chi connectivity index (χ0n) is 33.4. The minimum atomic E-state index is -1.01. The molecule has 3 amide bonds. The first-order valence-electron chi connectivity index (χ1n) is 18.9. The molecule has 0 saturated carbocycles. The molecule has 0 aromatic heterocycles. The first-order chi connectivity index (χ1) is 24.1. The molecular formula is C39H70N4O6Pb2. The third-order valence-electron chi connectivity index (χ3n) is 8.04. The number of carbonyl (C=O) groups is 4. The predicted molar refractivity (Wildman–Crippen MR) is 211 cm³/mol. The van der Waals surface area contributed by atoms with Gasteiger partial charge in [-0.1, -0.05) is 27.7 Å². The van der Waals surface area contributed by atoms with Crippen LogP contribution in [-0.4, -0.2) is 141 Å². The Balaban J connectivity index is 0. The number of aliphatic carboxylic acids is 1. The molecule has 1 aromatic rings. The topological polar surface area (TPSA) is 142 Å². The Hall–Kier alpha value is -1.14. The molecule has 1 atom stereocenters. The van der Waals surface area contributed by atoms with Crippen molar-refractivity contribution < 1.29 is 29.0 Å². The molecule has 12 heteroatoms. The van der Waals surface area contributed by atoms with Gasteiger partial charge in [-0.05, 0) is 12.8 Å². The number of carbonyl (C=O) groups excluding carboxylic acids is 3. The van der Waals surface area contributed by atoms with Crippen molar-refractivity contribution in [2.24, 2.45) is 11.1 Å². The molecule has 51 heavy (non-hydrogen) atoms. The minimum absolute atomic E-state index is 0.0553. The van der Waals surface area contributed by atoms with E-state index in [1.54, 1.807) is 0 Å². The van der Waals surface area contributed by atoms with E-state index in [2.05, 4.69) is 64.2 Å². The van der Waals surface area contributed by atoms with E-state index >= 15 is 0 Å². The van der Waals surface area contributed by atoms with E-state index in [9.17, 15) is 19.2 Å². The van der Waals surface area contributed by atoms with Gasteiger partial charge in [0.1, 0.15) is 6.04 Å². The molecule has 10 nitrogen and oxygen atoms in total. The number of hydrogen-bond acceptors (Lipinski definition) is 6. The fourth-order valence-corrected chi connectivity index (χ4v) is 7.23. The van der Waals surface area contributed by atoms with Crippen molar-refractivity contribution in [2.75, 3.05) is 39.4 Å². The number of nitrogens with zero attached hydrogens (tertiary/aromatic N) is 2. The van der Waals surface area contributed by atoms with Crippen LogP contribution in [0.5, 0.6) is 0 Å². The molecule has 290 valence electrons. The quantitative estimate of drug-likeness (QED) is 0.0820. The van der Waals surface area contributed by atoms with Crippen LogP contribution in [0.3, 0.4) is 0 Å². The van der Waals surface area contributed by atoms with Gasteiger partial charge in [0.2, 0.25) is 0 Å². The first-order valence-corrected chi connectivity index (χ1v) is 24.4. The molecule has 0 saturated heterocycles. The second kappa shape index (κ2) is 30.2. The molecule has 1 aromatic carbocycles. The van der Waals surface area contributed by atoms with Crippen molar-refractivity contribution in [2.45, 2.75) is 140 Å². The standard InChI is InChI=1S/C35H58N4O6.2C2H6.2Pb/c1-8-38(31(41)22-21-28-19-17-27(3)18-20-28)24-34(4,5)25-45-26-35(6,7)39(9-2)32(42)16-11-10-15-30(40)37-23-13-12-14-29(36)33(43)44;2*1-2;;/h17-20,29H,1-2,8-16,21-26,36H2,3-7H3,(H,37,40)(H,43,44);2*1-2H3;;. The number of nitrogens with two attached hydrogens (primary N) is 1. The summed E-state index contributed by atoms with van der Waals surface area (Å²) in [6, 6.07) is 7.52. The van der Waals surface area contributed by atoms with Crippen molar-refractivity contribution >= 4 is 75.2 Å². The number of carboxylic acids is 1. The van der Waals surface area contributed by atoms with E-state index in [1.807, 2.05) is 37.5 Å². The zero-order valence-corrected chi connectivity index (χ0v) is 41.1. The van der Waals surface area contributed by atoms with E-state index in [0.29, 0.717) is 84.2 Å². The fourth-order valence-electron chi connectivity index (χ4n) is 5.31. The SMILES string of the molecule is CC.CC.Cc1ccc(CCC(=O)N(C[CH2][Pb])CC(C)(C)COCC(C)(C)N(C[CH2][Pb])C(=O)CCCCC(=O)NCCCCC(N)C(=O)O)cc1. The van der Waals surface area contributed by atoms with E-state index in [-0.39, 0.29) is 23.1 Å². The van der Waals surface area contributed by atoms with Gasteiger partial charge in [0.05, 0.1) is 0 Å². The monoisotopic (exact) mass is 1110 g/mol. The maximum absolute atomic E-state index is 13.3. The second-order valence-electron chi connectivity index (χ2n) is 13.8. The summed E-state index contributed by atoms with van der Waals surface area (Å²) < 4.78 is 8.28. The van der Waals surface area contributed by atoms with Crippen LogP contribution in [0.25, 0.3) is 0 Å². The Morgan fingerprint density at radius 1 is 0.843 bits per heavy atom. The predicted octanol–water partition coefficient (Wildman–Crippen LogP) is 5.89. The molecule has 0 bridgehead atoms. The second-order valence-corrected chi connectivity index (χ2v) is 17.7. The van der Waals surface area contributed by atoms with E-state index in [1.165, 1.54) is 11.1 Å². The summed E-state index contributed by atoms with van der Waals surface area (Å²) in [7, 11) is 0. The van der Waals surface area contributed by atoms with Crippen LogP contribution in [-0.2, 0) is 30.3 Å². The summed E-state index contributed by atoms with van der Waals surface area (Å²) in [6.07, 6.45) is 4.96. The van der Waals surface area contributed by atoms with Gasteiger partial charge in [0.25, 0.3) is 0 Å². The Labute approximate surface area is 342 Å². The molecule has 1 unspecified atom stereocenters. The number of hydrogen-bond donors (Lipinski definition) is 3. The molecule has 0 spiro atoms. The maximum atomic E-state index is 13.3. The molecule has 0 fully saturated rings. The zero-order chi connectivity index (χ0) is 39.5. The molecule has 0 heterocycles. The number of carboxylic acid groups (broad SMARTS) is 1. The summed E-state index contributed by atoms with van der Waals surface area (Å²) >= 11 is 2.04. The number of aryl methyl sites for hydroxylation is 2. The molecule has 0 aliphatic heterocycles. The number of ether oxygens (including phenoxy) is 1. The summed E-state index contributed by atoms with van der Waals surface area (Å²) in [5.74, 6) is -0.788. The van der Waals surface area contributed by atoms with Crippen molar-refractivity contribution in [3.05, 3.63) is 35.4 Å². The Morgan fingerprint density at radius 2 is 1.43 bits per heavy atom. The Morgan fingerprint density at radius 3 is 2.00 bits per heavy atom. The number of nitrogens with one attached hydrogen (secondary N) is 1.